The van der Waals surface area contributed by atoms with Crippen LogP contribution in [-0.2, 0) is 10.2 Å². The smallest absolute Gasteiger partial charge is 0.133 e. The number of allylic oxidation sites excluding steroid dienone is 2. The highest BCUT2D eigenvalue weighted by atomic mass is 32.1. The molecule has 182 valence electrons. The fourth-order valence-corrected chi connectivity index (χ4v) is 4.02. The highest BCUT2D eigenvalue weighted by Crippen LogP contribution is 2.52. The number of thiol groups is 1. The average Bonchev–Trinajstić information content (AvgIpc) is 3.57. The lowest BCUT2D eigenvalue weighted by atomic mass is 9.88. The minimum atomic E-state index is -0.128. The van der Waals surface area contributed by atoms with Crippen molar-refractivity contribution >= 4 is 24.7 Å². The molecule has 1 atom stereocenters. The third kappa shape index (κ3) is 11.0. The summed E-state index contributed by atoms with van der Waals surface area (Å²) >= 11 is 3.03. The first-order chi connectivity index (χ1) is 15.4. The summed E-state index contributed by atoms with van der Waals surface area (Å²) in [5.74, 6) is 0.885. The summed E-state index contributed by atoms with van der Waals surface area (Å²) in [7, 11) is 0. The van der Waals surface area contributed by atoms with Crippen LogP contribution >= 0.6 is 12.8 Å². The lowest BCUT2D eigenvalue weighted by Gasteiger charge is -2.17. The molecule has 2 rings (SSSR count). The monoisotopic (exact) mass is 463 g/mol. The van der Waals surface area contributed by atoms with E-state index in [1.807, 2.05) is 32.1 Å². The van der Waals surface area contributed by atoms with Gasteiger partial charge in [-0.05, 0) is 74.5 Å². The van der Waals surface area contributed by atoms with Gasteiger partial charge in [0.1, 0.15) is 11.6 Å². The summed E-state index contributed by atoms with van der Waals surface area (Å²) in [5.41, 5.74) is 2.28. The molecule has 1 aliphatic carbocycles. The summed E-state index contributed by atoms with van der Waals surface area (Å²) in [4.78, 5) is 11.6. The Morgan fingerprint density at radius 3 is 2.38 bits per heavy atom. The van der Waals surface area contributed by atoms with Crippen LogP contribution in [0.15, 0.2) is 36.9 Å². The molecule has 0 aliphatic heterocycles. The first kappa shape index (κ1) is 30.6. The van der Waals surface area contributed by atoms with Crippen molar-refractivity contribution in [1.29, 1.82) is 0 Å². The van der Waals surface area contributed by atoms with Crippen LogP contribution in [-0.4, -0.2) is 5.78 Å². The molecule has 4 heteroatoms. The number of rotatable bonds is 13. The molecule has 1 fully saturated rings. The molecule has 1 aromatic rings. The number of carbonyl (C=O) groups is 1. The Kier molecular flexibility index (Phi) is 16.4. The molecule has 1 unspecified atom stereocenters. The first-order valence-corrected chi connectivity index (χ1v) is 12.7. The number of ketones is 1. The summed E-state index contributed by atoms with van der Waals surface area (Å²) in [6.45, 7) is 13.8. The van der Waals surface area contributed by atoms with Gasteiger partial charge in [0.15, 0.2) is 0 Å². The Hall–Kier alpha value is -1.39. The van der Waals surface area contributed by atoms with E-state index in [4.69, 9.17) is 0 Å². The van der Waals surface area contributed by atoms with Crippen LogP contribution in [0.3, 0.4) is 0 Å². The summed E-state index contributed by atoms with van der Waals surface area (Å²) in [6.07, 6.45) is 15.6. The Morgan fingerprint density at radius 1 is 1.19 bits per heavy atom. The van der Waals surface area contributed by atoms with Crippen molar-refractivity contribution in [3.8, 4) is 0 Å². The van der Waals surface area contributed by atoms with E-state index >= 15 is 0 Å². The topological polar surface area (TPSA) is 43.1 Å². The molecule has 2 N–H and O–H groups in total. The average molecular weight is 464 g/mol. The lowest BCUT2D eigenvalue weighted by molar-refractivity contribution is -0.120. The van der Waals surface area contributed by atoms with Crippen LogP contribution < -0.4 is 5.14 Å². The number of hydrogen-bond acceptors (Lipinski definition) is 3. The van der Waals surface area contributed by atoms with Gasteiger partial charge in [0.2, 0.25) is 0 Å². The van der Waals surface area contributed by atoms with E-state index in [1.54, 1.807) is 13.0 Å². The van der Waals surface area contributed by atoms with Crippen LogP contribution in [0.4, 0.5) is 4.39 Å². The molecule has 32 heavy (non-hydrogen) atoms. The van der Waals surface area contributed by atoms with Crippen molar-refractivity contribution in [2.45, 2.75) is 97.8 Å². The van der Waals surface area contributed by atoms with Crippen LogP contribution in [0.1, 0.15) is 104 Å². The van der Waals surface area contributed by atoms with Crippen LogP contribution in [0.25, 0.3) is 6.08 Å². The zero-order valence-electron chi connectivity index (χ0n) is 21.0. The Balaban J connectivity index is 0.00000227. The van der Waals surface area contributed by atoms with Crippen molar-refractivity contribution in [1.82, 2.24) is 0 Å². The molecule has 0 radical (unpaired) electrons. The van der Waals surface area contributed by atoms with Gasteiger partial charge >= 0.3 is 0 Å². The van der Waals surface area contributed by atoms with Crippen LogP contribution in [0, 0.1) is 17.7 Å². The minimum Gasteiger partial charge on any atom is -0.300 e. The van der Waals surface area contributed by atoms with Crippen LogP contribution in [0.2, 0.25) is 0 Å². The normalized spacial score (nSPS) is 14.8. The third-order valence-corrected chi connectivity index (χ3v) is 6.10. The largest absolute Gasteiger partial charge is 0.300 e. The number of carbonyl (C=O) groups excluding carboxylic acids is 1. The van der Waals surface area contributed by atoms with E-state index in [-0.39, 0.29) is 22.9 Å². The van der Waals surface area contributed by atoms with E-state index < -0.39 is 0 Å². The van der Waals surface area contributed by atoms with Gasteiger partial charge in [-0.15, -0.1) is 19.4 Å². The zero-order chi connectivity index (χ0) is 24.6. The molecule has 0 aromatic heterocycles. The highest BCUT2D eigenvalue weighted by Gasteiger charge is 2.43. The van der Waals surface area contributed by atoms with Gasteiger partial charge in [0, 0.05) is 11.5 Å². The van der Waals surface area contributed by atoms with Gasteiger partial charge in [-0.2, -0.15) is 0 Å². The SMILES string of the molecule is C=CCC(CCCCCC1(c2ccc(F)c(/C=C\CC(C)C)c2)CC1)C(C)=O.CC.NS. The van der Waals surface area contributed by atoms with E-state index in [2.05, 4.69) is 50.5 Å². The van der Waals surface area contributed by atoms with E-state index in [0.717, 1.165) is 37.7 Å². The number of nitrogens with two attached hydrogens (primary N) is 1. The molecule has 0 bridgehead atoms. The molecule has 1 aliphatic rings. The molecular formula is C28H46FNOS. The molecule has 2 nitrogen and oxygen atoms in total. The molecule has 0 saturated heterocycles. The number of hydrogen-bond donors (Lipinski definition) is 2. The Labute approximate surface area is 202 Å². The molecule has 0 heterocycles. The predicted molar refractivity (Wildman–Crippen MR) is 142 cm³/mol. The second-order valence-corrected chi connectivity index (χ2v) is 8.98. The molecule has 1 aromatic carbocycles. The molecule has 1 saturated carbocycles. The quantitative estimate of drug-likeness (QED) is 0.175. The number of halogens is 1. The van der Waals surface area contributed by atoms with Gasteiger partial charge < -0.3 is 0 Å². The zero-order valence-corrected chi connectivity index (χ0v) is 21.9. The fourth-order valence-electron chi connectivity index (χ4n) is 4.02. The fraction of sp³-hybridized carbons (Fsp3) is 0.607. The maximum atomic E-state index is 14.2. The van der Waals surface area contributed by atoms with Crippen molar-refractivity contribution in [3.63, 3.8) is 0 Å². The summed E-state index contributed by atoms with van der Waals surface area (Å²) in [6, 6.07) is 5.68. The first-order valence-electron chi connectivity index (χ1n) is 12.2. The number of Topliss-reactive ketones (excluding diaryl/α,β-unsaturated/α-hetero) is 1. The summed E-state index contributed by atoms with van der Waals surface area (Å²) in [5, 5.41) is 4.19. The van der Waals surface area contributed by atoms with Crippen LogP contribution in [0.5, 0.6) is 0 Å². The third-order valence-electron chi connectivity index (χ3n) is 6.10. The summed E-state index contributed by atoms with van der Waals surface area (Å²) < 4.78 is 14.2. The van der Waals surface area contributed by atoms with Gasteiger partial charge in [-0.3, -0.25) is 9.93 Å². The maximum absolute atomic E-state index is 14.2. The minimum absolute atomic E-state index is 0.128. The molecule has 0 amide bonds. The second kappa shape index (κ2) is 17.1. The highest BCUT2D eigenvalue weighted by molar-refractivity contribution is 7.77. The van der Waals surface area contributed by atoms with Gasteiger partial charge in [0.25, 0.3) is 0 Å². The molecule has 0 spiro atoms. The number of benzene rings is 1. The molecular weight excluding hydrogens is 417 g/mol. The second-order valence-electron chi connectivity index (χ2n) is 8.98. The Bertz CT molecular complexity index is 695. The Morgan fingerprint density at radius 2 is 1.84 bits per heavy atom. The van der Waals surface area contributed by atoms with Gasteiger partial charge in [0.05, 0.1) is 0 Å². The van der Waals surface area contributed by atoms with E-state index in [1.165, 1.54) is 31.2 Å². The number of unbranched alkanes of at least 4 members (excludes halogenated alkanes) is 2. The standard InChI is InChI=1S/C26H37FO.C2H6.H3NS/c1-5-10-22(21(4)28)12-7-6-8-16-26(17-18-26)24-14-15-25(27)23(19-24)13-9-11-20(2)3;2*1-2/h5,9,13-15,19-20,22H,1,6-8,10-12,16-18H2,2-4H3;1-2H3;2H,1H2/b13-9-;;. The lowest BCUT2D eigenvalue weighted by Crippen LogP contribution is -2.10. The van der Waals surface area contributed by atoms with Gasteiger partial charge in [-0.1, -0.05) is 71.3 Å². The van der Waals surface area contributed by atoms with Crippen molar-refractivity contribution in [2.24, 2.45) is 17.0 Å². The maximum Gasteiger partial charge on any atom is 0.133 e. The van der Waals surface area contributed by atoms with Crippen molar-refractivity contribution < 1.29 is 9.18 Å². The van der Waals surface area contributed by atoms with E-state index in [9.17, 15) is 9.18 Å². The van der Waals surface area contributed by atoms with E-state index in [0.29, 0.717) is 5.92 Å². The predicted octanol–water partition coefficient (Wildman–Crippen LogP) is 8.46. The van der Waals surface area contributed by atoms with Crippen molar-refractivity contribution in [3.05, 3.63) is 53.9 Å². The van der Waals surface area contributed by atoms with Crippen molar-refractivity contribution in [2.75, 3.05) is 0 Å². The van der Waals surface area contributed by atoms with Gasteiger partial charge in [-0.25, -0.2) is 4.39 Å².